The van der Waals surface area contributed by atoms with Crippen LogP contribution in [0.5, 0.6) is 0 Å². The van der Waals surface area contributed by atoms with E-state index in [-0.39, 0.29) is 30.2 Å². The van der Waals surface area contributed by atoms with E-state index < -0.39 is 0 Å². The second-order valence-corrected chi connectivity index (χ2v) is 9.34. The first-order valence-electron chi connectivity index (χ1n) is 12.3. The minimum Gasteiger partial charge on any atom is -0.381 e. The fourth-order valence-corrected chi connectivity index (χ4v) is 4.71. The fourth-order valence-electron chi connectivity index (χ4n) is 4.71. The summed E-state index contributed by atoms with van der Waals surface area (Å²) in [6, 6.07) is 9.74. The number of anilines is 1. The van der Waals surface area contributed by atoms with Crippen LogP contribution in [0.3, 0.4) is 0 Å². The summed E-state index contributed by atoms with van der Waals surface area (Å²) in [4.78, 5) is 43.3. The summed E-state index contributed by atoms with van der Waals surface area (Å²) in [5.74, 6) is 1.18. The Morgan fingerprint density at radius 2 is 2.00 bits per heavy atom. The molecule has 0 aliphatic carbocycles. The van der Waals surface area contributed by atoms with Crippen molar-refractivity contribution in [3.05, 3.63) is 66.4 Å². The maximum Gasteiger partial charge on any atom is 0.236 e. The van der Waals surface area contributed by atoms with Crippen LogP contribution in [0.15, 0.2) is 55.2 Å². The number of piperazine rings is 1. The highest BCUT2D eigenvalue weighted by Gasteiger charge is 2.35. The molecule has 2 aromatic heterocycles. The van der Waals surface area contributed by atoms with Crippen LogP contribution in [0.1, 0.15) is 24.0 Å². The highest BCUT2D eigenvalue weighted by Crippen LogP contribution is 2.24. The van der Waals surface area contributed by atoms with Crippen molar-refractivity contribution in [2.45, 2.75) is 32.4 Å². The van der Waals surface area contributed by atoms with E-state index in [0.29, 0.717) is 45.3 Å². The molecule has 4 heterocycles. The number of hydrogen-bond donors (Lipinski definition) is 1. The van der Waals surface area contributed by atoms with Gasteiger partial charge in [0.15, 0.2) is 0 Å². The molecule has 2 unspecified atom stereocenters. The van der Waals surface area contributed by atoms with Gasteiger partial charge < -0.3 is 19.9 Å². The van der Waals surface area contributed by atoms with E-state index in [1.165, 1.54) is 5.56 Å². The Balaban J connectivity index is 1.32. The molecule has 2 fully saturated rings. The molecule has 3 aromatic rings. The van der Waals surface area contributed by atoms with E-state index in [1.54, 1.807) is 29.5 Å². The van der Waals surface area contributed by atoms with E-state index in [2.05, 4.69) is 20.2 Å². The van der Waals surface area contributed by atoms with Crippen molar-refractivity contribution in [1.29, 1.82) is 0 Å². The van der Waals surface area contributed by atoms with Crippen LogP contribution in [0.4, 0.5) is 5.82 Å². The number of imidazole rings is 1. The average molecular weight is 490 g/mol. The second-order valence-electron chi connectivity index (χ2n) is 9.34. The van der Waals surface area contributed by atoms with E-state index in [0.717, 1.165) is 17.8 Å². The van der Waals surface area contributed by atoms with Crippen LogP contribution in [0.2, 0.25) is 0 Å². The molecule has 1 aromatic carbocycles. The number of aromatic nitrogens is 4. The smallest absolute Gasteiger partial charge is 0.236 e. The van der Waals surface area contributed by atoms with Gasteiger partial charge in [-0.3, -0.25) is 14.2 Å². The molecule has 0 saturated carbocycles. The van der Waals surface area contributed by atoms with Gasteiger partial charge in [0.25, 0.3) is 0 Å². The number of ether oxygens (including phenoxy) is 1. The zero-order chi connectivity index (χ0) is 24.9. The molecule has 2 aliphatic heterocycles. The molecule has 5 rings (SSSR count). The predicted octanol–water partition coefficient (Wildman–Crippen LogP) is 1.73. The average Bonchev–Trinajstić information content (AvgIpc) is 3.63. The summed E-state index contributed by atoms with van der Waals surface area (Å²) in [5.41, 5.74) is 2.23. The Bertz CT molecular complexity index is 1180. The lowest BCUT2D eigenvalue weighted by atomic mass is 10.0. The molecule has 0 bridgehead atoms. The minimum absolute atomic E-state index is 0.0621. The van der Waals surface area contributed by atoms with Crippen molar-refractivity contribution >= 4 is 17.6 Å². The molecule has 1 N–H and O–H groups in total. The normalized spacial score (nSPS) is 19.9. The van der Waals surface area contributed by atoms with E-state index >= 15 is 0 Å². The molecule has 36 heavy (non-hydrogen) atoms. The van der Waals surface area contributed by atoms with Gasteiger partial charge in [-0.05, 0) is 25.0 Å². The highest BCUT2D eigenvalue weighted by atomic mass is 16.5. The second kappa shape index (κ2) is 10.9. The first-order chi connectivity index (χ1) is 17.6. The Morgan fingerprint density at radius 1 is 1.14 bits per heavy atom. The summed E-state index contributed by atoms with van der Waals surface area (Å²) >= 11 is 0. The SMILES string of the molecule is Cc1ccc(CNC(=O)CC2CN(C(=O)C3CCOC3)CCN2c2ccnc(-n3ccnc3)n2)cc1. The van der Waals surface area contributed by atoms with E-state index in [9.17, 15) is 9.59 Å². The molecule has 10 nitrogen and oxygen atoms in total. The van der Waals surface area contributed by atoms with Gasteiger partial charge in [0, 0.05) is 57.8 Å². The summed E-state index contributed by atoms with van der Waals surface area (Å²) in [6.07, 6.45) is 7.82. The van der Waals surface area contributed by atoms with Gasteiger partial charge in [-0.15, -0.1) is 0 Å². The van der Waals surface area contributed by atoms with Crippen LogP contribution < -0.4 is 10.2 Å². The van der Waals surface area contributed by atoms with Gasteiger partial charge in [0.2, 0.25) is 17.8 Å². The van der Waals surface area contributed by atoms with E-state index in [1.807, 2.05) is 42.2 Å². The van der Waals surface area contributed by atoms with Gasteiger partial charge >= 0.3 is 0 Å². The van der Waals surface area contributed by atoms with Gasteiger partial charge in [0.1, 0.15) is 12.1 Å². The van der Waals surface area contributed by atoms with Crippen LogP contribution in [0, 0.1) is 12.8 Å². The molecule has 0 spiro atoms. The van der Waals surface area contributed by atoms with Gasteiger partial charge in [-0.2, -0.15) is 4.98 Å². The number of benzene rings is 1. The van der Waals surface area contributed by atoms with Crippen LogP contribution in [-0.2, 0) is 20.9 Å². The predicted molar refractivity (Wildman–Crippen MR) is 133 cm³/mol. The maximum absolute atomic E-state index is 13.1. The fraction of sp³-hybridized carbons (Fsp3) is 0.423. The Labute approximate surface area is 210 Å². The first kappa shape index (κ1) is 23.9. The van der Waals surface area contributed by atoms with Crippen molar-refractivity contribution in [3.8, 4) is 5.95 Å². The molecule has 2 atom stereocenters. The molecular formula is C26H31N7O3. The monoisotopic (exact) mass is 489 g/mol. The molecular weight excluding hydrogens is 458 g/mol. The zero-order valence-electron chi connectivity index (χ0n) is 20.4. The third kappa shape index (κ3) is 5.54. The largest absolute Gasteiger partial charge is 0.381 e. The van der Waals surface area contributed by atoms with Crippen LogP contribution >= 0.6 is 0 Å². The van der Waals surface area contributed by atoms with E-state index in [4.69, 9.17) is 9.72 Å². The Morgan fingerprint density at radius 3 is 2.75 bits per heavy atom. The number of nitrogens with one attached hydrogen (secondary N) is 1. The molecule has 188 valence electrons. The summed E-state index contributed by atoms with van der Waals surface area (Å²) in [6.45, 7) is 5.21. The molecule has 2 saturated heterocycles. The number of carbonyl (C=O) groups is 2. The number of aryl methyl sites for hydroxylation is 1. The molecule has 0 radical (unpaired) electrons. The topological polar surface area (TPSA) is 105 Å². The quantitative estimate of drug-likeness (QED) is 0.539. The standard InChI is InChI=1S/C26H31N7O3/c1-19-2-4-20(5-3-19)15-29-24(34)14-22-16-31(25(35)21-7-13-36-17-21)11-12-33(22)23-6-8-28-26(30-23)32-10-9-27-18-32/h2-6,8-10,18,21-22H,7,11-17H2,1H3,(H,29,34). The minimum atomic E-state index is -0.214. The third-order valence-corrected chi connectivity index (χ3v) is 6.76. The number of amides is 2. The lowest BCUT2D eigenvalue weighted by Crippen LogP contribution is -2.57. The van der Waals surface area contributed by atoms with Gasteiger partial charge in [0.05, 0.1) is 18.6 Å². The third-order valence-electron chi connectivity index (χ3n) is 6.76. The Hall–Kier alpha value is -3.79. The summed E-state index contributed by atoms with van der Waals surface area (Å²) < 4.78 is 7.18. The van der Waals surface area contributed by atoms with Crippen LogP contribution in [0.25, 0.3) is 5.95 Å². The number of rotatable bonds is 7. The number of carbonyl (C=O) groups excluding carboxylic acids is 2. The van der Waals surface area contributed by atoms with Gasteiger partial charge in [-0.25, -0.2) is 9.97 Å². The first-order valence-corrected chi connectivity index (χ1v) is 12.3. The maximum atomic E-state index is 13.1. The summed E-state index contributed by atoms with van der Waals surface area (Å²) in [5, 5.41) is 3.04. The van der Waals surface area contributed by atoms with Crippen LogP contribution in [-0.4, -0.2) is 75.1 Å². The van der Waals surface area contributed by atoms with Crippen molar-refractivity contribution in [2.75, 3.05) is 37.7 Å². The zero-order valence-corrected chi connectivity index (χ0v) is 20.4. The van der Waals surface area contributed by atoms with Crippen molar-refractivity contribution in [3.63, 3.8) is 0 Å². The van der Waals surface area contributed by atoms with Crippen molar-refractivity contribution in [1.82, 2.24) is 29.7 Å². The van der Waals surface area contributed by atoms with Gasteiger partial charge in [-0.1, -0.05) is 29.8 Å². The number of nitrogens with zero attached hydrogens (tertiary/aromatic N) is 6. The summed E-state index contributed by atoms with van der Waals surface area (Å²) in [7, 11) is 0. The lowest BCUT2D eigenvalue weighted by Gasteiger charge is -2.42. The molecule has 2 amide bonds. The Kier molecular flexibility index (Phi) is 7.22. The lowest BCUT2D eigenvalue weighted by molar-refractivity contribution is -0.137. The molecule has 2 aliphatic rings. The molecule has 10 heteroatoms. The van der Waals surface area contributed by atoms with Crippen molar-refractivity contribution < 1.29 is 14.3 Å². The number of hydrogen-bond acceptors (Lipinski definition) is 7. The van der Waals surface area contributed by atoms with Crippen molar-refractivity contribution in [2.24, 2.45) is 5.92 Å². The highest BCUT2D eigenvalue weighted by molar-refractivity contribution is 5.80.